The first-order valence-corrected chi connectivity index (χ1v) is 11.9. The highest BCUT2D eigenvalue weighted by atomic mass is 31.2. The largest absolute Gasteiger partial charge is 0.380 e. The van der Waals surface area contributed by atoms with Gasteiger partial charge in [-0.25, -0.2) is 11.2 Å². The van der Waals surface area contributed by atoms with E-state index in [0.29, 0.717) is 17.5 Å². The van der Waals surface area contributed by atoms with E-state index in [0.717, 1.165) is 0 Å². The molecule has 0 aromatic heterocycles. The van der Waals surface area contributed by atoms with E-state index in [-0.39, 0.29) is 43.6 Å². The molecule has 0 aliphatic carbocycles. The van der Waals surface area contributed by atoms with Crippen LogP contribution in [-0.4, -0.2) is 79.2 Å². The van der Waals surface area contributed by atoms with Gasteiger partial charge in [0.05, 0.1) is 23.8 Å². The van der Waals surface area contributed by atoms with Crippen LogP contribution in [0.25, 0.3) is 4.85 Å². The quantitative estimate of drug-likeness (QED) is 0.177. The van der Waals surface area contributed by atoms with Crippen LogP contribution in [0, 0.1) is 6.57 Å². The first kappa shape index (κ1) is 24.8. The highest BCUT2D eigenvalue weighted by molar-refractivity contribution is 7.44. The first-order chi connectivity index (χ1) is 15.2. The number of imide groups is 1. The molecule has 2 unspecified atom stereocenters. The van der Waals surface area contributed by atoms with E-state index in [1.807, 2.05) is 0 Å². The summed E-state index contributed by atoms with van der Waals surface area (Å²) in [6, 6.07) is 6.52. The summed E-state index contributed by atoms with van der Waals surface area (Å²) in [4.78, 5) is 30.1. The summed E-state index contributed by atoms with van der Waals surface area (Å²) in [6.45, 7) is 15.8. The second kappa shape index (κ2) is 10.9. The predicted molar refractivity (Wildman–Crippen MR) is 122 cm³/mol. The minimum Gasteiger partial charge on any atom is -0.380 e. The van der Waals surface area contributed by atoms with Crippen LogP contribution in [-0.2, 0) is 13.8 Å². The number of benzene rings is 1. The summed E-state index contributed by atoms with van der Waals surface area (Å²) >= 11 is 0. The molecule has 1 aromatic carbocycles. The highest BCUT2D eigenvalue weighted by Crippen LogP contribution is 2.49. The number of carbonyl (C=O) groups excluding carboxylic acids is 2. The van der Waals surface area contributed by atoms with Gasteiger partial charge in [-0.3, -0.25) is 14.5 Å². The van der Waals surface area contributed by atoms with E-state index >= 15 is 0 Å². The fourth-order valence-electron chi connectivity index (χ4n) is 4.01. The fraction of sp³-hybridized carbons (Fsp3) is 0.591. The molecule has 2 aliphatic rings. The van der Waals surface area contributed by atoms with Crippen molar-refractivity contribution in [2.75, 3.05) is 19.7 Å². The molecule has 1 saturated heterocycles. The number of hydrogen-bond acceptors (Lipinski definition) is 6. The van der Waals surface area contributed by atoms with Crippen LogP contribution in [0.15, 0.2) is 24.3 Å². The second-order valence-electron chi connectivity index (χ2n) is 8.38. The van der Waals surface area contributed by atoms with Gasteiger partial charge in [-0.1, -0.05) is 12.1 Å². The lowest BCUT2D eigenvalue weighted by molar-refractivity contribution is 0.0130. The summed E-state index contributed by atoms with van der Waals surface area (Å²) < 4.78 is 20.4. The summed E-state index contributed by atoms with van der Waals surface area (Å²) in [6.07, 6.45) is -0.598. The van der Waals surface area contributed by atoms with Crippen molar-refractivity contribution in [2.45, 2.75) is 64.4 Å². The second-order valence-corrected chi connectivity index (χ2v) is 9.79. The third-order valence-corrected chi connectivity index (χ3v) is 7.50. The molecule has 2 heterocycles. The molecule has 170 valence electrons. The minimum absolute atomic E-state index is 0.0549. The van der Waals surface area contributed by atoms with E-state index in [1.54, 1.807) is 24.3 Å². The van der Waals surface area contributed by atoms with Crippen LogP contribution in [0.4, 0.5) is 0 Å². The molecule has 10 heteroatoms. The van der Waals surface area contributed by atoms with Gasteiger partial charge in [-0.15, -0.1) is 0 Å². The Morgan fingerprint density at radius 1 is 1.22 bits per heavy atom. The van der Waals surface area contributed by atoms with Gasteiger partial charge in [-0.05, 0) is 46.2 Å². The Morgan fingerprint density at radius 2 is 1.81 bits per heavy atom. The molecule has 0 saturated carbocycles. The van der Waals surface area contributed by atoms with Crippen molar-refractivity contribution < 1.29 is 23.4 Å². The maximum Gasteiger partial charge on any atom is 0.261 e. The Morgan fingerprint density at radius 3 is 2.34 bits per heavy atom. The summed E-state index contributed by atoms with van der Waals surface area (Å²) in [5.74, 6) is -0.676. The van der Waals surface area contributed by atoms with E-state index in [2.05, 4.69) is 37.2 Å². The zero-order chi connectivity index (χ0) is 23.4. The maximum absolute atomic E-state index is 12.8. The highest BCUT2D eigenvalue weighted by Gasteiger charge is 2.43. The van der Waals surface area contributed by atoms with Crippen molar-refractivity contribution in [3.05, 3.63) is 46.8 Å². The molecular weight excluding hydrogens is 428 g/mol. The van der Waals surface area contributed by atoms with Crippen molar-refractivity contribution in [1.82, 2.24) is 9.57 Å². The van der Waals surface area contributed by atoms with Gasteiger partial charge in [0.25, 0.3) is 20.3 Å². The van der Waals surface area contributed by atoms with Gasteiger partial charge in [0.2, 0.25) is 6.54 Å². The molecule has 1 fully saturated rings. The number of nitrogens with zero attached hydrogens (tertiary/aromatic N) is 3. The average Bonchev–Trinajstić information content (AvgIpc) is 3.20. The fourth-order valence-corrected chi connectivity index (χ4v) is 5.76. The molecule has 4 atom stereocenters. The van der Waals surface area contributed by atoms with Crippen molar-refractivity contribution in [2.24, 2.45) is 0 Å². The Bertz CT molecular complexity index is 834. The first-order valence-electron chi connectivity index (χ1n) is 10.8. The molecule has 0 bridgehead atoms. The summed E-state index contributed by atoms with van der Waals surface area (Å²) in [7, 11) is 4.57. The lowest BCUT2D eigenvalue weighted by atomic mass is 9.96. The van der Waals surface area contributed by atoms with Crippen molar-refractivity contribution in [1.29, 1.82) is 0 Å². The number of hydrogen-bond donors (Lipinski definition) is 0. The SMILES string of the molecule is [B][C@H]1C[C@H](OP(OCC[N+]#[C-])N(C(C)C)C(C)C)C(CN2C(=O)c3ccccc3C2=O)O1. The zero-order valence-corrected chi connectivity index (χ0v) is 19.8. The number of fused-ring (bicyclic) bond motifs is 1. The Hall–Kier alpha value is -1.82. The lowest BCUT2D eigenvalue weighted by Gasteiger charge is -2.37. The van der Waals surface area contributed by atoms with Gasteiger partial charge < -0.3 is 18.6 Å². The molecule has 2 aliphatic heterocycles. The molecule has 2 amide bonds. The van der Waals surface area contributed by atoms with E-state index < -0.39 is 26.7 Å². The third-order valence-electron chi connectivity index (χ3n) is 5.35. The Labute approximate surface area is 192 Å². The third kappa shape index (κ3) is 5.39. The van der Waals surface area contributed by atoms with E-state index in [4.69, 9.17) is 28.2 Å². The zero-order valence-electron chi connectivity index (χ0n) is 18.9. The monoisotopic (exact) mass is 457 g/mol. The van der Waals surface area contributed by atoms with Gasteiger partial charge in [0.1, 0.15) is 20.6 Å². The topological polar surface area (TPSA) is 72.7 Å². The number of amides is 2. The van der Waals surface area contributed by atoms with Crippen LogP contribution >= 0.6 is 8.53 Å². The van der Waals surface area contributed by atoms with Gasteiger partial charge >= 0.3 is 0 Å². The van der Waals surface area contributed by atoms with Crippen LogP contribution in [0.3, 0.4) is 0 Å². The molecule has 32 heavy (non-hydrogen) atoms. The van der Waals surface area contributed by atoms with E-state index in [1.165, 1.54) is 4.90 Å². The molecule has 8 nitrogen and oxygen atoms in total. The standard InChI is InChI=1S/C22H29BN3O5P/c1-14(2)26(15(3)4)32(29-11-10-24-5)31-18-12-20(23)30-19(18)13-25-21(27)16-8-6-7-9-17(16)22(25)28/h6-9,14-15,18-20H,10-13H2,1-4H3/t18-,19?,20+,32?/m0/s1. The van der Waals surface area contributed by atoms with Gasteiger partial charge in [0.15, 0.2) is 0 Å². The van der Waals surface area contributed by atoms with Gasteiger partial charge in [-0.2, -0.15) is 0 Å². The lowest BCUT2D eigenvalue weighted by Crippen LogP contribution is -2.42. The summed E-state index contributed by atoms with van der Waals surface area (Å²) in [5, 5.41) is 0. The Balaban J connectivity index is 1.76. The molecule has 2 radical (unpaired) electrons. The molecular formula is C22H29BN3O5P. The maximum atomic E-state index is 12.8. The smallest absolute Gasteiger partial charge is 0.261 e. The van der Waals surface area contributed by atoms with Crippen molar-refractivity contribution in [3.8, 4) is 0 Å². The molecule has 0 N–H and O–H groups in total. The average molecular weight is 457 g/mol. The molecule has 3 rings (SSSR count). The van der Waals surface area contributed by atoms with Crippen LogP contribution in [0.2, 0.25) is 0 Å². The van der Waals surface area contributed by atoms with Crippen LogP contribution in [0.1, 0.15) is 54.8 Å². The van der Waals surface area contributed by atoms with Gasteiger partial charge in [0, 0.05) is 18.1 Å². The van der Waals surface area contributed by atoms with Crippen molar-refractivity contribution >= 4 is 28.2 Å². The van der Waals surface area contributed by atoms with Crippen LogP contribution < -0.4 is 0 Å². The van der Waals surface area contributed by atoms with E-state index in [9.17, 15) is 9.59 Å². The Kier molecular flexibility index (Phi) is 8.43. The number of rotatable bonds is 10. The minimum atomic E-state index is -1.49. The van der Waals surface area contributed by atoms with Crippen molar-refractivity contribution in [3.63, 3.8) is 0 Å². The number of ether oxygens (including phenoxy) is 1. The molecule has 1 aromatic rings. The number of carbonyl (C=O) groups is 2. The normalized spacial score (nSPS) is 23.9. The summed E-state index contributed by atoms with van der Waals surface area (Å²) in [5.41, 5.74) is 0.792. The predicted octanol–water partition coefficient (Wildman–Crippen LogP) is 3.23. The molecule has 0 spiro atoms. The van der Waals surface area contributed by atoms with Crippen LogP contribution in [0.5, 0.6) is 0 Å².